The Kier molecular flexibility index (Phi) is 8.25. The monoisotopic (exact) mass is 442 g/mol. The second kappa shape index (κ2) is 10.4. The highest BCUT2D eigenvalue weighted by Crippen LogP contribution is 2.22. The Balaban J connectivity index is 0.00000280. The molecule has 0 saturated carbocycles. The molecule has 10 heteroatoms. The average Bonchev–Trinajstić information content (AvgIpc) is 3.14. The van der Waals surface area contributed by atoms with Gasteiger partial charge in [0.2, 0.25) is 0 Å². The van der Waals surface area contributed by atoms with Crippen LogP contribution in [0.5, 0.6) is 0 Å². The van der Waals surface area contributed by atoms with E-state index in [0.717, 1.165) is 18.0 Å². The summed E-state index contributed by atoms with van der Waals surface area (Å²) < 4.78 is 0. The summed E-state index contributed by atoms with van der Waals surface area (Å²) in [5.74, 6) is -0.579. The average molecular weight is 443 g/mol. The summed E-state index contributed by atoms with van der Waals surface area (Å²) in [6.07, 6.45) is 4.40. The molecular weight excluding hydrogens is 423 g/mol. The number of hydrogen-bond donors (Lipinski definition) is 3. The standard InChI is InChI=1S/C18H19ClN4O3S.ClH/c19-13-3-1-12(2-4-13)17(25)23-9-7-14(8-10-23)20-18-21-15(11-27-18)5-6-16(24)22-26;/h1-6,11,14,26H,7-10H2,(H,20,21)(H,22,24);1H/b6-5+;. The second-order valence-electron chi connectivity index (χ2n) is 6.10. The molecule has 1 fully saturated rings. The summed E-state index contributed by atoms with van der Waals surface area (Å²) in [6.45, 7) is 1.35. The second-order valence-corrected chi connectivity index (χ2v) is 7.40. The molecular formula is C18H20Cl2N4O3S. The normalized spacial score (nSPS) is 14.6. The highest BCUT2D eigenvalue weighted by Gasteiger charge is 2.24. The molecule has 1 aliphatic heterocycles. The van der Waals surface area contributed by atoms with Crippen molar-refractivity contribution in [3.05, 3.63) is 52.0 Å². The molecule has 0 spiro atoms. The van der Waals surface area contributed by atoms with Gasteiger partial charge in [-0.25, -0.2) is 10.5 Å². The Hall–Kier alpha value is -2.13. The number of rotatable bonds is 5. The molecule has 0 radical (unpaired) electrons. The van der Waals surface area contributed by atoms with Gasteiger partial charge in [0.25, 0.3) is 11.8 Å². The molecule has 3 rings (SSSR count). The van der Waals surface area contributed by atoms with Crippen LogP contribution < -0.4 is 10.8 Å². The number of halogens is 2. The van der Waals surface area contributed by atoms with Gasteiger partial charge in [-0.2, -0.15) is 0 Å². The fraction of sp³-hybridized carbons (Fsp3) is 0.278. The van der Waals surface area contributed by atoms with Gasteiger partial charge in [-0.15, -0.1) is 23.7 Å². The minimum absolute atomic E-state index is 0. The van der Waals surface area contributed by atoms with E-state index in [1.807, 2.05) is 10.3 Å². The number of benzene rings is 1. The first-order valence-electron chi connectivity index (χ1n) is 8.44. The van der Waals surface area contributed by atoms with Gasteiger partial charge in [-0.1, -0.05) is 11.6 Å². The predicted octanol–water partition coefficient (Wildman–Crippen LogP) is 3.45. The van der Waals surface area contributed by atoms with Crippen LogP contribution in [0.3, 0.4) is 0 Å². The molecule has 3 N–H and O–H groups in total. The first-order chi connectivity index (χ1) is 13.0. The largest absolute Gasteiger partial charge is 0.359 e. The lowest BCUT2D eigenvalue weighted by molar-refractivity contribution is -0.124. The van der Waals surface area contributed by atoms with Crippen LogP contribution in [0, 0.1) is 0 Å². The summed E-state index contributed by atoms with van der Waals surface area (Å²) in [7, 11) is 0. The van der Waals surface area contributed by atoms with Crippen LogP contribution in [-0.4, -0.2) is 46.0 Å². The lowest BCUT2D eigenvalue weighted by atomic mass is 10.0. The van der Waals surface area contributed by atoms with Crippen molar-refractivity contribution in [2.45, 2.75) is 18.9 Å². The van der Waals surface area contributed by atoms with Crippen molar-refractivity contribution in [1.82, 2.24) is 15.4 Å². The summed E-state index contributed by atoms with van der Waals surface area (Å²) >= 11 is 7.32. The van der Waals surface area contributed by atoms with Crippen molar-refractivity contribution in [3.63, 3.8) is 0 Å². The maximum absolute atomic E-state index is 12.5. The number of piperidine rings is 1. The Bertz CT molecular complexity index is 834. The van der Waals surface area contributed by atoms with Gasteiger partial charge in [0.05, 0.1) is 5.69 Å². The van der Waals surface area contributed by atoms with Gasteiger partial charge in [0, 0.05) is 41.2 Å². The van der Waals surface area contributed by atoms with E-state index < -0.39 is 5.91 Å². The molecule has 28 heavy (non-hydrogen) atoms. The number of carbonyl (C=O) groups is 2. The lowest BCUT2D eigenvalue weighted by Crippen LogP contribution is -2.42. The van der Waals surface area contributed by atoms with Crippen LogP contribution in [0.15, 0.2) is 35.7 Å². The van der Waals surface area contributed by atoms with Gasteiger partial charge in [0.15, 0.2) is 5.13 Å². The van der Waals surface area contributed by atoms with E-state index in [0.29, 0.717) is 29.4 Å². The number of carbonyl (C=O) groups excluding carboxylic acids is 2. The number of likely N-dealkylation sites (tertiary alicyclic amines) is 1. The van der Waals surface area contributed by atoms with Crippen LogP contribution in [0.2, 0.25) is 5.02 Å². The number of hydrogen-bond acceptors (Lipinski definition) is 6. The van der Waals surface area contributed by atoms with Crippen LogP contribution in [0.25, 0.3) is 6.08 Å². The van der Waals surface area contributed by atoms with Crippen molar-refractivity contribution in [2.75, 3.05) is 18.4 Å². The minimum atomic E-state index is -0.602. The van der Waals surface area contributed by atoms with E-state index in [1.54, 1.807) is 24.3 Å². The number of aromatic nitrogens is 1. The maximum Gasteiger partial charge on any atom is 0.267 e. The van der Waals surface area contributed by atoms with Crippen molar-refractivity contribution in [3.8, 4) is 0 Å². The van der Waals surface area contributed by atoms with E-state index >= 15 is 0 Å². The minimum Gasteiger partial charge on any atom is -0.359 e. The molecule has 0 atom stereocenters. The van der Waals surface area contributed by atoms with Crippen LogP contribution in [0.4, 0.5) is 5.13 Å². The molecule has 1 aromatic carbocycles. The van der Waals surface area contributed by atoms with Crippen molar-refractivity contribution < 1.29 is 14.8 Å². The zero-order chi connectivity index (χ0) is 19.2. The topological polar surface area (TPSA) is 94.6 Å². The number of hydroxylamine groups is 1. The Morgan fingerprint density at radius 2 is 1.93 bits per heavy atom. The smallest absolute Gasteiger partial charge is 0.267 e. The van der Waals surface area contributed by atoms with E-state index in [9.17, 15) is 9.59 Å². The molecule has 7 nitrogen and oxygen atoms in total. The van der Waals surface area contributed by atoms with Crippen LogP contribution in [-0.2, 0) is 4.79 Å². The maximum atomic E-state index is 12.5. The van der Waals surface area contributed by atoms with E-state index in [1.165, 1.54) is 29.0 Å². The SMILES string of the molecule is Cl.O=C(/C=C/c1csc(NC2CCN(C(=O)c3ccc(Cl)cc3)CC2)n1)NO. The Morgan fingerprint density at radius 3 is 2.57 bits per heavy atom. The van der Waals surface area contributed by atoms with Gasteiger partial charge < -0.3 is 10.2 Å². The van der Waals surface area contributed by atoms with Gasteiger partial charge in [0.1, 0.15) is 0 Å². The quantitative estimate of drug-likeness (QED) is 0.374. The lowest BCUT2D eigenvalue weighted by Gasteiger charge is -2.32. The van der Waals surface area contributed by atoms with Crippen molar-refractivity contribution >= 4 is 58.4 Å². The number of amides is 2. The van der Waals surface area contributed by atoms with E-state index in [-0.39, 0.29) is 24.4 Å². The Labute approximate surface area is 177 Å². The summed E-state index contributed by atoms with van der Waals surface area (Å²) in [6, 6.07) is 7.18. The molecule has 2 aromatic rings. The molecule has 2 heterocycles. The third-order valence-electron chi connectivity index (χ3n) is 4.24. The molecule has 0 unspecified atom stereocenters. The first-order valence-corrected chi connectivity index (χ1v) is 9.70. The first kappa shape index (κ1) is 22.2. The van der Waals surface area contributed by atoms with Crippen molar-refractivity contribution in [2.24, 2.45) is 0 Å². The molecule has 1 saturated heterocycles. The molecule has 0 bridgehead atoms. The number of nitrogens with zero attached hydrogens (tertiary/aromatic N) is 2. The van der Waals surface area contributed by atoms with Gasteiger partial charge in [-0.05, 0) is 43.2 Å². The summed E-state index contributed by atoms with van der Waals surface area (Å²) in [5, 5.41) is 15.0. The third kappa shape index (κ3) is 5.93. The molecule has 1 aliphatic rings. The number of anilines is 1. The van der Waals surface area contributed by atoms with Gasteiger partial charge >= 0.3 is 0 Å². The number of nitrogens with one attached hydrogen (secondary N) is 2. The zero-order valence-corrected chi connectivity index (χ0v) is 17.2. The fourth-order valence-corrected chi connectivity index (χ4v) is 3.69. The van der Waals surface area contributed by atoms with Gasteiger partial charge in [-0.3, -0.25) is 14.8 Å². The fourth-order valence-electron chi connectivity index (χ4n) is 2.80. The van der Waals surface area contributed by atoms with Crippen molar-refractivity contribution in [1.29, 1.82) is 0 Å². The zero-order valence-electron chi connectivity index (χ0n) is 14.8. The molecule has 1 aromatic heterocycles. The van der Waals surface area contributed by atoms with E-state index in [4.69, 9.17) is 16.8 Å². The molecule has 2 amide bonds. The number of thiazole rings is 1. The highest BCUT2D eigenvalue weighted by atomic mass is 35.5. The molecule has 0 aliphatic carbocycles. The Morgan fingerprint density at radius 1 is 1.25 bits per heavy atom. The molecule has 150 valence electrons. The van der Waals surface area contributed by atoms with Crippen LogP contribution in [0.1, 0.15) is 28.9 Å². The predicted molar refractivity (Wildman–Crippen MR) is 112 cm³/mol. The van der Waals surface area contributed by atoms with Crippen LogP contribution >= 0.6 is 35.3 Å². The third-order valence-corrected chi connectivity index (χ3v) is 5.28. The summed E-state index contributed by atoms with van der Waals surface area (Å²) in [4.78, 5) is 29.8. The van der Waals surface area contributed by atoms with E-state index in [2.05, 4.69) is 10.3 Å². The highest BCUT2D eigenvalue weighted by molar-refractivity contribution is 7.13. The summed E-state index contributed by atoms with van der Waals surface area (Å²) in [5.41, 5.74) is 2.82.